The molecular weight excluding hydrogens is 426 g/mol. The summed E-state index contributed by atoms with van der Waals surface area (Å²) in [4.78, 5) is 15.5. The molecule has 0 amide bonds. The fraction of sp³-hybridized carbons (Fsp3) is 0.400. The predicted molar refractivity (Wildman–Crippen MR) is 123 cm³/mol. The lowest BCUT2D eigenvalue weighted by atomic mass is 9.98. The Morgan fingerprint density at radius 3 is 2.45 bits per heavy atom. The van der Waals surface area contributed by atoms with Gasteiger partial charge in [-0.3, -0.25) is 9.69 Å². The van der Waals surface area contributed by atoms with Gasteiger partial charge in [0, 0.05) is 38.4 Å². The monoisotopic (exact) mass is 455 g/mol. The van der Waals surface area contributed by atoms with Crippen molar-refractivity contribution >= 4 is 11.9 Å². The highest BCUT2D eigenvalue weighted by atomic mass is 16.5. The second-order valence-electron chi connectivity index (χ2n) is 7.94. The van der Waals surface area contributed by atoms with Crippen LogP contribution in [0.1, 0.15) is 33.5 Å². The minimum absolute atomic E-state index is 0.168. The summed E-state index contributed by atoms with van der Waals surface area (Å²) in [6.45, 7) is 4.55. The smallest absolute Gasteiger partial charge is 0.232 e. The number of rotatable bonds is 8. The van der Waals surface area contributed by atoms with Crippen LogP contribution in [-0.2, 0) is 11.3 Å². The van der Waals surface area contributed by atoms with Crippen molar-refractivity contribution in [1.29, 1.82) is 0 Å². The van der Waals surface area contributed by atoms with E-state index < -0.39 is 0 Å². The van der Waals surface area contributed by atoms with E-state index in [-0.39, 0.29) is 11.5 Å². The van der Waals surface area contributed by atoms with Crippen LogP contribution >= 0.6 is 0 Å². The van der Waals surface area contributed by atoms with Gasteiger partial charge in [-0.25, -0.2) is 0 Å². The largest absolute Gasteiger partial charge is 0.496 e. The van der Waals surface area contributed by atoms with Gasteiger partial charge in [0.25, 0.3) is 0 Å². The molecule has 2 aromatic rings. The highest BCUT2D eigenvalue weighted by Crippen LogP contribution is 2.45. The molecule has 0 saturated heterocycles. The number of aryl methyl sites for hydroxylation is 1. The molecule has 176 valence electrons. The number of ketones is 1. The molecule has 2 heterocycles. The quantitative estimate of drug-likeness (QED) is 0.439. The SMILES string of the molecule is COCCCN1COc2cc(C)c3c(c2C1)O/C(=C\c1cc(OC)c(OC)cc1OC)C3=O. The maximum Gasteiger partial charge on any atom is 0.232 e. The average molecular weight is 456 g/mol. The number of benzene rings is 2. The van der Waals surface area contributed by atoms with Gasteiger partial charge in [-0.15, -0.1) is 0 Å². The normalized spacial score (nSPS) is 16.2. The molecule has 2 aliphatic heterocycles. The molecule has 2 aliphatic rings. The molecule has 0 aromatic heterocycles. The third kappa shape index (κ3) is 4.36. The van der Waals surface area contributed by atoms with Crippen LogP contribution < -0.4 is 23.7 Å². The highest BCUT2D eigenvalue weighted by molar-refractivity contribution is 6.16. The lowest BCUT2D eigenvalue weighted by Gasteiger charge is -2.30. The molecular formula is C25H29NO7. The Morgan fingerprint density at radius 1 is 1.03 bits per heavy atom. The van der Waals surface area contributed by atoms with Gasteiger partial charge in [-0.05, 0) is 37.1 Å². The van der Waals surface area contributed by atoms with Gasteiger partial charge in [0.05, 0.1) is 32.5 Å². The second kappa shape index (κ2) is 9.72. The number of hydrogen-bond donors (Lipinski definition) is 0. The van der Waals surface area contributed by atoms with E-state index in [9.17, 15) is 4.79 Å². The maximum absolute atomic E-state index is 13.3. The number of Topliss-reactive ketones (excluding diaryl/α,β-unsaturated/α-hetero) is 1. The van der Waals surface area contributed by atoms with Crippen LogP contribution in [0, 0.1) is 6.92 Å². The lowest BCUT2D eigenvalue weighted by molar-refractivity contribution is 0.0822. The van der Waals surface area contributed by atoms with Crippen LogP contribution in [0.4, 0.5) is 0 Å². The van der Waals surface area contributed by atoms with Gasteiger partial charge in [-0.1, -0.05) is 0 Å². The number of carbonyl (C=O) groups excluding carboxylic acids is 1. The van der Waals surface area contributed by atoms with E-state index in [1.807, 2.05) is 13.0 Å². The van der Waals surface area contributed by atoms with E-state index in [1.165, 1.54) is 0 Å². The van der Waals surface area contributed by atoms with Crippen LogP contribution in [0.5, 0.6) is 28.7 Å². The Bertz CT molecular complexity index is 1090. The van der Waals surface area contributed by atoms with Crippen molar-refractivity contribution in [3.8, 4) is 28.7 Å². The summed E-state index contributed by atoms with van der Waals surface area (Å²) < 4.78 is 33.5. The van der Waals surface area contributed by atoms with Gasteiger partial charge in [-0.2, -0.15) is 0 Å². The fourth-order valence-electron chi connectivity index (χ4n) is 4.16. The molecule has 0 saturated carbocycles. The zero-order valence-corrected chi connectivity index (χ0v) is 19.6. The molecule has 2 aromatic carbocycles. The van der Waals surface area contributed by atoms with Crippen molar-refractivity contribution in [2.24, 2.45) is 0 Å². The van der Waals surface area contributed by atoms with Crippen molar-refractivity contribution < 1.29 is 33.2 Å². The molecule has 33 heavy (non-hydrogen) atoms. The Balaban J connectivity index is 1.69. The molecule has 0 aliphatic carbocycles. The van der Waals surface area contributed by atoms with E-state index in [1.54, 1.807) is 46.6 Å². The summed E-state index contributed by atoms with van der Waals surface area (Å²) >= 11 is 0. The molecule has 0 N–H and O–H groups in total. The topological polar surface area (TPSA) is 75.7 Å². The van der Waals surface area contributed by atoms with Crippen molar-refractivity contribution in [2.45, 2.75) is 19.9 Å². The molecule has 0 spiro atoms. The Hall–Kier alpha value is -3.23. The summed E-state index contributed by atoms with van der Waals surface area (Å²) in [5.41, 5.74) is 2.93. The van der Waals surface area contributed by atoms with Crippen LogP contribution in [0.15, 0.2) is 24.0 Å². The predicted octanol–water partition coefficient (Wildman–Crippen LogP) is 3.83. The number of carbonyl (C=O) groups is 1. The maximum atomic E-state index is 13.3. The van der Waals surface area contributed by atoms with Gasteiger partial charge >= 0.3 is 0 Å². The molecule has 0 unspecified atom stereocenters. The second-order valence-corrected chi connectivity index (χ2v) is 7.94. The van der Waals surface area contributed by atoms with Gasteiger partial charge in [0.1, 0.15) is 24.0 Å². The van der Waals surface area contributed by atoms with Crippen LogP contribution in [0.25, 0.3) is 6.08 Å². The number of nitrogens with zero attached hydrogens (tertiary/aromatic N) is 1. The van der Waals surface area contributed by atoms with Crippen LogP contribution in [0.3, 0.4) is 0 Å². The molecule has 8 heteroatoms. The first-order valence-electron chi connectivity index (χ1n) is 10.8. The van der Waals surface area contributed by atoms with E-state index in [0.717, 1.165) is 29.8 Å². The molecule has 4 rings (SSSR count). The first kappa shape index (κ1) is 22.9. The zero-order valence-electron chi connectivity index (χ0n) is 19.6. The molecule has 0 fully saturated rings. The Morgan fingerprint density at radius 2 is 1.76 bits per heavy atom. The molecule has 0 atom stereocenters. The van der Waals surface area contributed by atoms with E-state index in [2.05, 4.69) is 4.90 Å². The number of fused-ring (bicyclic) bond motifs is 3. The van der Waals surface area contributed by atoms with Crippen LogP contribution in [0.2, 0.25) is 0 Å². The van der Waals surface area contributed by atoms with Gasteiger partial charge < -0.3 is 28.4 Å². The zero-order chi connectivity index (χ0) is 23.5. The highest BCUT2D eigenvalue weighted by Gasteiger charge is 2.35. The van der Waals surface area contributed by atoms with Gasteiger partial charge in [0.15, 0.2) is 17.3 Å². The molecule has 0 radical (unpaired) electrons. The first-order chi connectivity index (χ1) is 16.0. The van der Waals surface area contributed by atoms with Crippen molar-refractivity contribution in [1.82, 2.24) is 4.90 Å². The standard InChI is InChI=1S/C25H29NO7/c1-15-9-19-17(13-26(14-32-19)7-6-8-28-2)25-23(15)24(27)22(33-25)11-16-10-20(30-4)21(31-5)12-18(16)29-3/h9-12H,6-8,13-14H2,1-5H3/b22-11-. The number of hydrogen-bond acceptors (Lipinski definition) is 8. The van der Waals surface area contributed by atoms with E-state index in [0.29, 0.717) is 54.0 Å². The first-order valence-corrected chi connectivity index (χ1v) is 10.8. The van der Waals surface area contributed by atoms with Crippen molar-refractivity contribution in [2.75, 3.05) is 48.3 Å². The summed E-state index contributed by atoms with van der Waals surface area (Å²) in [5, 5.41) is 0. The number of allylic oxidation sites excluding steroid dienone is 1. The minimum atomic E-state index is -0.168. The summed E-state index contributed by atoms with van der Waals surface area (Å²) in [5.74, 6) is 2.99. The average Bonchev–Trinajstić information content (AvgIpc) is 3.16. The summed E-state index contributed by atoms with van der Waals surface area (Å²) in [6, 6.07) is 5.39. The summed E-state index contributed by atoms with van der Waals surface area (Å²) in [6.07, 6.45) is 2.57. The fourth-order valence-corrected chi connectivity index (χ4v) is 4.16. The third-order valence-corrected chi connectivity index (χ3v) is 5.83. The van der Waals surface area contributed by atoms with E-state index >= 15 is 0 Å². The molecule has 0 bridgehead atoms. The minimum Gasteiger partial charge on any atom is -0.496 e. The Labute approximate surface area is 193 Å². The lowest BCUT2D eigenvalue weighted by Crippen LogP contribution is -2.33. The van der Waals surface area contributed by atoms with Crippen molar-refractivity contribution in [3.63, 3.8) is 0 Å². The molecule has 8 nitrogen and oxygen atoms in total. The third-order valence-electron chi connectivity index (χ3n) is 5.83. The summed E-state index contributed by atoms with van der Waals surface area (Å²) in [7, 11) is 6.37. The number of methoxy groups -OCH3 is 4. The Kier molecular flexibility index (Phi) is 6.76. The van der Waals surface area contributed by atoms with E-state index in [4.69, 9.17) is 28.4 Å². The van der Waals surface area contributed by atoms with Gasteiger partial charge in [0.2, 0.25) is 5.78 Å². The number of ether oxygens (including phenoxy) is 6. The van der Waals surface area contributed by atoms with Crippen LogP contribution in [-0.4, -0.2) is 59.0 Å². The van der Waals surface area contributed by atoms with Crippen molar-refractivity contribution in [3.05, 3.63) is 46.2 Å².